The monoisotopic (exact) mass is 428 g/mol. The van der Waals surface area contributed by atoms with Crippen molar-refractivity contribution in [3.63, 3.8) is 0 Å². The topological polar surface area (TPSA) is 116 Å². The molecule has 2 aromatic heterocycles. The van der Waals surface area contributed by atoms with Crippen LogP contribution in [0.2, 0.25) is 0 Å². The van der Waals surface area contributed by atoms with Crippen LogP contribution in [-0.2, 0) is 4.74 Å². The molecule has 4 N–H and O–H groups in total. The van der Waals surface area contributed by atoms with Gasteiger partial charge in [0.2, 0.25) is 0 Å². The van der Waals surface area contributed by atoms with Crippen LogP contribution in [0.25, 0.3) is 22.2 Å². The van der Waals surface area contributed by atoms with Crippen LogP contribution in [0.1, 0.15) is 31.7 Å². The van der Waals surface area contributed by atoms with Gasteiger partial charge in [-0.3, -0.25) is 0 Å². The Morgan fingerprint density at radius 2 is 2.13 bits per heavy atom. The van der Waals surface area contributed by atoms with Gasteiger partial charge in [0.1, 0.15) is 36.0 Å². The van der Waals surface area contributed by atoms with Gasteiger partial charge in [-0.25, -0.2) is 14.4 Å². The van der Waals surface area contributed by atoms with Crippen molar-refractivity contribution in [2.75, 3.05) is 25.6 Å². The smallest absolute Gasteiger partial charge is 0.146 e. The zero-order valence-electron chi connectivity index (χ0n) is 17.0. The lowest BCUT2D eigenvalue weighted by Gasteiger charge is -2.43. The van der Waals surface area contributed by atoms with Gasteiger partial charge in [-0.15, -0.1) is 0 Å². The van der Waals surface area contributed by atoms with E-state index in [0.717, 1.165) is 19.4 Å². The summed E-state index contributed by atoms with van der Waals surface area (Å²) in [6.45, 7) is 0.860. The molecule has 9 heteroatoms. The molecule has 0 amide bonds. The van der Waals surface area contributed by atoms with Gasteiger partial charge in [0.15, 0.2) is 0 Å². The Balaban J connectivity index is 1.52. The van der Waals surface area contributed by atoms with E-state index in [4.69, 9.17) is 15.2 Å². The highest BCUT2D eigenvalue weighted by molar-refractivity contribution is 6.01. The molecule has 164 valence electrons. The second-order valence-corrected chi connectivity index (χ2v) is 8.44. The van der Waals surface area contributed by atoms with Crippen LogP contribution in [0.4, 0.5) is 10.2 Å². The molecule has 0 bridgehead atoms. The summed E-state index contributed by atoms with van der Waals surface area (Å²) < 4.78 is 28.2. The minimum atomic E-state index is -1.10. The molecule has 0 unspecified atom stereocenters. The molecular weight excluding hydrogens is 403 g/mol. The van der Waals surface area contributed by atoms with E-state index in [1.165, 1.54) is 12.4 Å². The van der Waals surface area contributed by atoms with E-state index in [9.17, 15) is 14.6 Å². The van der Waals surface area contributed by atoms with Crippen molar-refractivity contribution in [1.82, 2.24) is 14.5 Å². The van der Waals surface area contributed by atoms with E-state index < -0.39 is 11.4 Å². The first-order valence-electron chi connectivity index (χ1n) is 10.5. The second kappa shape index (κ2) is 7.74. The molecule has 2 fully saturated rings. The summed E-state index contributed by atoms with van der Waals surface area (Å²) in [6, 6.07) is 4.54. The third-order valence-electron chi connectivity index (χ3n) is 6.25. The van der Waals surface area contributed by atoms with E-state index in [0.29, 0.717) is 47.4 Å². The highest BCUT2D eigenvalue weighted by atomic mass is 19.1. The third-order valence-corrected chi connectivity index (χ3v) is 6.25. The number of nitrogens with two attached hydrogens (primary N) is 1. The Morgan fingerprint density at radius 1 is 1.29 bits per heavy atom. The standard InChI is InChI=1S/C22H25FN4O4/c23-18-4-3-14(31-10-15-2-1-5-30-15)6-16(18)17-9-27(13-7-22(29,8-13)11-28)21-19(17)20(24)25-12-26-21/h3-4,6,9,12-13,15,28-29H,1-2,5,7-8,10-11H2,(H2,24,25,26)/t13?,15-,22?/m0/s1. The molecule has 3 aromatic rings. The Hall–Kier alpha value is -2.75. The number of anilines is 1. The average Bonchev–Trinajstić information content (AvgIpc) is 3.39. The molecule has 1 saturated carbocycles. The molecule has 0 radical (unpaired) electrons. The molecule has 0 spiro atoms. The first-order chi connectivity index (χ1) is 15.0. The number of aromatic nitrogens is 3. The van der Waals surface area contributed by atoms with Crippen LogP contribution in [0.15, 0.2) is 30.7 Å². The molecule has 5 rings (SSSR count). The SMILES string of the molecule is Nc1ncnc2c1c(-c1cc(OC[C@@H]3CCCO3)ccc1F)cn2C1CC(O)(CO)C1. The van der Waals surface area contributed by atoms with E-state index in [-0.39, 0.29) is 24.6 Å². The number of aliphatic hydroxyl groups excluding tert-OH is 1. The predicted molar refractivity (Wildman–Crippen MR) is 112 cm³/mol. The summed E-state index contributed by atoms with van der Waals surface area (Å²) in [5, 5.41) is 20.1. The molecule has 31 heavy (non-hydrogen) atoms. The Kier molecular flexibility index (Phi) is 5.04. The van der Waals surface area contributed by atoms with Crippen LogP contribution in [0.3, 0.4) is 0 Å². The van der Waals surface area contributed by atoms with Crippen molar-refractivity contribution in [2.24, 2.45) is 0 Å². The number of rotatable bonds is 6. The lowest BCUT2D eigenvalue weighted by molar-refractivity contribution is -0.101. The molecule has 1 atom stereocenters. The second-order valence-electron chi connectivity index (χ2n) is 8.44. The fourth-order valence-corrected chi connectivity index (χ4v) is 4.50. The Bertz CT molecular complexity index is 1110. The van der Waals surface area contributed by atoms with Gasteiger partial charge in [0.25, 0.3) is 0 Å². The molecule has 1 aliphatic carbocycles. The maximum Gasteiger partial charge on any atom is 0.146 e. The summed E-state index contributed by atoms with van der Waals surface area (Å²) in [6.07, 6.45) is 5.95. The van der Waals surface area contributed by atoms with Crippen LogP contribution < -0.4 is 10.5 Å². The molecule has 2 aliphatic rings. The van der Waals surface area contributed by atoms with Crippen molar-refractivity contribution in [3.05, 3.63) is 36.5 Å². The zero-order chi connectivity index (χ0) is 21.6. The number of fused-ring (bicyclic) bond motifs is 1. The number of benzene rings is 1. The van der Waals surface area contributed by atoms with Gasteiger partial charge < -0.3 is 30.0 Å². The quantitative estimate of drug-likeness (QED) is 0.552. The number of nitrogens with zero attached hydrogens (tertiary/aromatic N) is 3. The van der Waals surface area contributed by atoms with Crippen LogP contribution in [0, 0.1) is 5.82 Å². The molecule has 8 nitrogen and oxygen atoms in total. The molecular formula is C22H25FN4O4. The molecule has 1 saturated heterocycles. The minimum absolute atomic E-state index is 0.0587. The van der Waals surface area contributed by atoms with Crippen molar-refractivity contribution in [1.29, 1.82) is 0 Å². The van der Waals surface area contributed by atoms with Crippen LogP contribution in [-0.4, -0.2) is 56.3 Å². The zero-order valence-corrected chi connectivity index (χ0v) is 17.0. The number of nitrogen functional groups attached to an aromatic ring is 1. The lowest BCUT2D eigenvalue weighted by Crippen LogP contribution is -2.47. The molecule has 1 aromatic carbocycles. The number of hydrogen-bond donors (Lipinski definition) is 3. The summed E-state index contributed by atoms with van der Waals surface area (Å²) in [4.78, 5) is 8.45. The van der Waals surface area contributed by atoms with Crippen molar-refractivity contribution < 1.29 is 24.1 Å². The van der Waals surface area contributed by atoms with Gasteiger partial charge in [0.05, 0.1) is 23.7 Å². The average molecular weight is 428 g/mol. The summed E-state index contributed by atoms with van der Waals surface area (Å²) in [7, 11) is 0. The highest BCUT2D eigenvalue weighted by Crippen LogP contribution is 2.45. The van der Waals surface area contributed by atoms with Gasteiger partial charge in [-0.1, -0.05) is 0 Å². The highest BCUT2D eigenvalue weighted by Gasteiger charge is 2.44. The third kappa shape index (κ3) is 3.62. The van der Waals surface area contributed by atoms with Crippen LogP contribution >= 0.6 is 0 Å². The van der Waals surface area contributed by atoms with E-state index in [1.807, 2.05) is 4.57 Å². The fraction of sp³-hybridized carbons (Fsp3) is 0.455. The molecule has 3 heterocycles. The number of halogens is 1. The lowest BCUT2D eigenvalue weighted by atomic mass is 9.76. The number of ether oxygens (including phenoxy) is 2. The van der Waals surface area contributed by atoms with E-state index >= 15 is 0 Å². The Morgan fingerprint density at radius 3 is 2.87 bits per heavy atom. The van der Waals surface area contributed by atoms with Crippen molar-refractivity contribution in [2.45, 2.75) is 43.4 Å². The normalized spacial score (nSPS) is 25.6. The van der Waals surface area contributed by atoms with Crippen molar-refractivity contribution in [3.8, 4) is 16.9 Å². The summed E-state index contributed by atoms with van der Waals surface area (Å²) in [5.74, 6) is 0.384. The van der Waals surface area contributed by atoms with Gasteiger partial charge in [-0.2, -0.15) is 0 Å². The van der Waals surface area contributed by atoms with Gasteiger partial charge in [-0.05, 0) is 43.9 Å². The number of hydrogen-bond acceptors (Lipinski definition) is 7. The predicted octanol–water partition coefficient (Wildman–Crippen LogP) is 2.44. The van der Waals surface area contributed by atoms with E-state index in [2.05, 4.69) is 9.97 Å². The largest absolute Gasteiger partial charge is 0.491 e. The number of aliphatic hydroxyl groups is 2. The molecule has 1 aliphatic heterocycles. The van der Waals surface area contributed by atoms with Gasteiger partial charge in [0, 0.05) is 30.0 Å². The maximum absolute atomic E-state index is 14.9. The Labute approximate surface area is 178 Å². The first-order valence-corrected chi connectivity index (χ1v) is 10.5. The van der Waals surface area contributed by atoms with Crippen molar-refractivity contribution >= 4 is 16.9 Å². The minimum Gasteiger partial charge on any atom is -0.491 e. The van der Waals surface area contributed by atoms with Gasteiger partial charge >= 0.3 is 0 Å². The summed E-state index contributed by atoms with van der Waals surface area (Å²) in [5.41, 5.74) is 6.53. The summed E-state index contributed by atoms with van der Waals surface area (Å²) >= 11 is 0. The fourth-order valence-electron chi connectivity index (χ4n) is 4.50. The maximum atomic E-state index is 14.9. The van der Waals surface area contributed by atoms with Crippen LogP contribution in [0.5, 0.6) is 5.75 Å². The van der Waals surface area contributed by atoms with E-state index in [1.54, 1.807) is 18.3 Å². The first kappa shape index (κ1) is 20.2.